The number of halogens is 1. The second-order valence-corrected chi connectivity index (χ2v) is 7.16. The number of nitrogens with zero attached hydrogens (tertiary/aromatic N) is 3. The number of cyclic esters (lactones) is 1. The van der Waals surface area contributed by atoms with Gasteiger partial charge in [-0.05, 0) is 30.4 Å². The van der Waals surface area contributed by atoms with Crippen LogP contribution in [0.2, 0.25) is 5.02 Å². The summed E-state index contributed by atoms with van der Waals surface area (Å²) in [5.74, 6) is 0.764. The van der Waals surface area contributed by atoms with Crippen LogP contribution in [0, 0.1) is 0 Å². The molecule has 1 fully saturated rings. The van der Waals surface area contributed by atoms with E-state index in [1.54, 1.807) is 18.2 Å². The first-order valence-electron chi connectivity index (χ1n) is 8.72. The van der Waals surface area contributed by atoms with Gasteiger partial charge >= 0.3 is 6.09 Å². The van der Waals surface area contributed by atoms with E-state index < -0.39 is 6.09 Å². The maximum atomic E-state index is 12.2. The predicted molar refractivity (Wildman–Crippen MR) is 113 cm³/mol. The van der Waals surface area contributed by atoms with Crippen molar-refractivity contribution in [1.29, 1.82) is 0 Å². The number of carbonyl (C=O) groups excluding carboxylic acids is 1. The summed E-state index contributed by atoms with van der Waals surface area (Å²) in [6.45, 7) is 0.691. The van der Waals surface area contributed by atoms with Crippen molar-refractivity contribution < 1.29 is 14.1 Å². The van der Waals surface area contributed by atoms with Gasteiger partial charge in [-0.25, -0.2) is 4.79 Å². The number of benzene rings is 2. The van der Waals surface area contributed by atoms with Crippen molar-refractivity contribution in [1.82, 2.24) is 15.5 Å². The van der Waals surface area contributed by atoms with E-state index in [1.807, 2.05) is 30.3 Å². The Morgan fingerprint density at radius 2 is 2.10 bits per heavy atom. The quantitative estimate of drug-likeness (QED) is 0.595. The highest BCUT2D eigenvalue weighted by molar-refractivity contribution is 7.80. The highest BCUT2D eigenvalue weighted by atomic mass is 35.5. The van der Waals surface area contributed by atoms with Gasteiger partial charge in [-0.1, -0.05) is 47.1 Å². The lowest BCUT2D eigenvalue weighted by Gasteiger charge is -2.14. The zero-order valence-electron chi connectivity index (χ0n) is 15.0. The summed E-state index contributed by atoms with van der Waals surface area (Å²) >= 11 is 11.2. The van der Waals surface area contributed by atoms with Crippen LogP contribution in [-0.2, 0) is 4.74 Å². The largest absolute Gasteiger partial charge is 0.442 e. The van der Waals surface area contributed by atoms with Gasteiger partial charge in [-0.15, -0.1) is 0 Å². The number of carbonyl (C=O) groups is 1. The standard InChI is InChI=1S/C19H16ClN5O3S/c20-15-8-12(25-10-13(27-19(25)26)9-22-18(21)29)6-7-14(15)17-23-16(24-28-17)11-4-2-1-3-5-11/h1-8,13H,9-10H2,(H3,21,22,29). The molecule has 148 valence electrons. The van der Waals surface area contributed by atoms with Crippen LogP contribution in [0.15, 0.2) is 53.1 Å². The van der Waals surface area contributed by atoms with Crippen LogP contribution in [0.3, 0.4) is 0 Å². The number of thiocarbonyl (C=S) groups is 1. The van der Waals surface area contributed by atoms with Crippen LogP contribution in [0.5, 0.6) is 0 Å². The lowest BCUT2D eigenvalue weighted by molar-refractivity contribution is 0.143. The maximum Gasteiger partial charge on any atom is 0.414 e. The fourth-order valence-corrected chi connectivity index (χ4v) is 3.27. The van der Waals surface area contributed by atoms with Crippen LogP contribution in [0.4, 0.5) is 10.5 Å². The van der Waals surface area contributed by atoms with Gasteiger partial charge in [0.15, 0.2) is 5.11 Å². The number of hydrogen-bond donors (Lipinski definition) is 2. The number of aromatic nitrogens is 2. The molecule has 29 heavy (non-hydrogen) atoms. The van der Waals surface area contributed by atoms with Crippen molar-refractivity contribution in [2.75, 3.05) is 18.0 Å². The monoisotopic (exact) mass is 429 g/mol. The van der Waals surface area contributed by atoms with Crippen molar-refractivity contribution in [3.63, 3.8) is 0 Å². The first-order valence-corrected chi connectivity index (χ1v) is 9.50. The van der Waals surface area contributed by atoms with Gasteiger partial charge in [0, 0.05) is 11.3 Å². The number of rotatable bonds is 5. The minimum Gasteiger partial charge on any atom is -0.442 e. The van der Waals surface area contributed by atoms with E-state index in [4.69, 9.17) is 38.8 Å². The van der Waals surface area contributed by atoms with E-state index in [2.05, 4.69) is 15.5 Å². The van der Waals surface area contributed by atoms with Gasteiger partial charge in [0.25, 0.3) is 5.89 Å². The van der Waals surface area contributed by atoms with Gasteiger partial charge in [-0.3, -0.25) is 4.90 Å². The highest BCUT2D eigenvalue weighted by Crippen LogP contribution is 2.33. The Hall–Kier alpha value is -3.17. The van der Waals surface area contributed by atoms with Crippen LogP contribution in [-0.4, -0.2) is 40.5 Å². The maximum absolute atomic E-state index is 12.2. The summed E-state index contributed by atoms with van der Waals surface area (Å²) in [4.78, 5) is 18.1. The summed E-state index contributed by atoms with van der Waals surface area (Å²) < 4.78 is 10.7. The molecule has 0 spiro atoms. The van der Waals surface area contributed by atoms with Crippen molar-refractivity contribution >= 4 is 40.7 Å². The second kappa shape index (κ2) is 8.06. The van der Waals surface area contributed by atoms with Crippen molar-refractivity contribution in [2.45, 2.75) is 6.10 Å². The SMILES string of the molecule is NC(=S)NCC1CN(c2ccc(-c3nc(-c4ccccc4)no3)c(Cl)c2)C(=O)O1. The predicted octanol–water partition coefficient (Wildman–Crippen LogP) is 3.22. The molecule has 1 aliphatic rings. The molecule has 1 amide bonds. The number of hydrogen-bond acceptors (Lipinski definition) is 6. The van der Waals surface area contributed by atoms with Gasteiger partial charge < -0.3 is 20.3 Å². The third-order valence-corrected chi connectivity index (χ3v) is 4.79. The lowest BCUT2D eigenvalue weighted by Crippen LogP contribution is -2.37. The van der Waals surface area contributed by atoms with Crippen LogP contribution in [0.25, 0.3) is 22.8 Å². The number of ether oxygens (including phenoxy) is 1. The fraction of sp³-hybridized carbons (Fsp3) is 0.158. The molecule has 0 saturated carbocycles. The number of amides is 1. The number of anilines is 1. The van der Waals surface area contributed by atoms with Gasteiger partial charge in [0.2, 0.25) is 5.82 Å². The smallest absolute Gasteiger partial charge is 0.414 e. The summed E-state index contributed by atoms with van der Waals surface area (Å²) in [5.41, 5.74) is 7.42. The molecule has 4 rings (SSSR count). The molecule has 0 aliphatic carbocycles. The third-order valence-electron chi connectivity index (χ3n) is 4.33. The van der Waals surface area contributed by atoms with E-state index in [0.29, 0.717) is 41.1 Å². The zero-order chi connectivity index (χ0) is 20.4. The minimum atomic E-state index is -0.465. The molecule has 3 N–H and O–H groups in total. The molecule has 0 bridgehead atoms. The highest BCUT2D eigenvalue weighted by Gasteiger charge is 2.32. The molecule has 8 nitrogen and oxygen atoms in total. The molecule has 10 heteroatoms. The molecule has 1 aromatic heterocycles. The molecule has 1 aliphatic heterocycles. The number of nitrogens with one attached hydrogen (secondary N) is 1. The molecular formula is C19H16ClN5O3S. The average Bonchev–Trinajstić information content (AvgIpc) is 3.34. The Labute approximate surface area is 176 Å². The fourth-order valence-electron chi connectivity index (χ4n) is 2.94. The van der Waals surface area contributed by atoms with E-state index >= 15 is 0 Å². The summed E-state index contributed by atoms with van der Waals surface area (Å²) in [5, 5.41) is 7.33. The Balaban J connectivity index is 1.52. The normalized spacial score (nSPS) is 16.0. The van der Waals surface area contributed by atoms with E-state index in [0.717, 1.165) is 5.56 Å². The third kappa shape index (κ3) is 4.15. The van der Waals surface area contributed by atoms with E-state index in [9.17, 15) is 4.79 Å². The van der Waals surface area contributed by atoms with Crippen LogP contribution in [0.1, 0.15) is 0 Å². The summed E-state index contributed by atoms with van der Waals surface area (Å²) in [6.07, 6.45) is -0.834. The summed E-state index contributed by atoms with van der Waals surface area (Å²) in [6, 6.07) is 14.6. The molecule has 0 radical (unpaired) electrons. The lowest BCUT2D eigenvalue weighted by atomic mass is 10.2. The molecule has 1 unspecified atom stereocenters. The number of nitrogens with two attached hydrogens (primary N) is 1. The van der Waals surface area contributed by atoms with Crippen molar-refractivity contribution in [3.8, 4) is 22.8 Å². The van der Waals surface area contributed by atoms with Crippen LogP contribution < -0.4 is 16.0 Å². The van der Waals surface area contributed by atoms with Gasteiger partial charge in [0.1, 0.15) is 6.10 Å². The Morgan fingerprint density at radius 1 is 1.31 bits per heavy atom. The molecule has 3 aromatic rings. The Kier molecular flexibility index (Phi) is 5.32. The molecule has 2 heterocycles. The van der Waals surface area contributed by atoms with Crippen molar-refractivity contribution in [3.05, 3.63) is 53.6 Å². The van der Waals surface area contributed by atoms with E-state index in [1.165, 1.54) is 4.90 Å². The second-order valence-electron chi connectivity index (χ2n) is 6.31. The first-order chi connectivity index (χ1) is 14.0. The van der Waals surface area contributed by atoms with Crippen molar-refractivity contribution in [2.24, 2.45) is 5.73 Å². The summed E-state index contributed by atoms with van der Waals surface area (Å²) in [7, 11) is 0. The van der Waals surface area contributed by atoms with E-state index in [-0.39, 0.29) is 11.2 Å². The molecule has 1 atom stereocenters. The Morgan fingerprint density at radius 3 is 2.83 bits per heavy atom. The molecular weight excluding hydrogens is 414 g/mol. The zero-order valence-corrected chi connectivity index (χ0v) is 16.6. The van der Waals surface area contributed by atoms with Crippen LogP contribution >= 0.6 is 23.8 Å². The topological polar surface area (TPSA) is 107 Å². The molecule has 2 aromatic carbocycles. The Bertz CT molecular complexity index is 1060. The average molecular weight is 430 g/mol. The minimum absolute atomic E-state index is 0.154. The van der Waals surface area contributed by atoms with Gasteiger partial charge in [0.05, 0.1) is 23.7 Å². The molecule has 1 saturated heterocycles. The van der Waals surface area contributed by atoms with Gasteiger partial charge in [-0.2, -0.15) is 4.98 Å². The first kappa shape index (κ1) is 19.2.